The Bertz CT molecular complexity index is 499. The lowest BCUT2D eigenvalue weighted by molar-refractivity contribution is 0.205. The molecule has 1 N–H and O–H groups in total. The number of aryl methyl sites for hydroxylation is 1. The van der Waals surface area contributed by atoms with Crippen LogP contribution in [0.3, 0.4) is 0 Å². The summed E-state index contributed by atoms with van der Waals surface area (Å²) in [5, 5.41) is 10.3. The van der Waals surface area contributed by atoms with Crippen molar-refractivity contribution >= 4 is 0 Å². The molecule has 0 fully saturated rings. The molecule has 0 amide bonds. The van der Waals surface area contributed by atoms with E-state index >= 15 is 0 Å². The highest BCUT2D eigenvalue weighted by molar-refractivity contribution is 5.29. The molecule has 1 heterocycles. The lowest BCUT2D eigenvalue weighted by atomic mass is 10.00. The van der Waals surface area contributed by atoms with Gasteiger partial charge in [-0.25, -0.2) is 4.98 Å². The first-order valence-electron chi connectivity index (χ1n) is 6.42. The molecule has 3 nitrogen and oxygen atoms in total. The van der Waals surface area contributed by atoms with E-state index in [0.717, 1.165) is 12.1 Å². The molecule has 2 rings (SSSR count). The van der Waals surface area contributed by atoms with Gasteiger partial charge in [-0.3, -0.25) is 0 Å². The molecule has 0 aliphatic heterocycles. The highest BCUT2D eigenvalue weighted by Gasteiger charge is 2.15. The van der Waals surface area contributed by atoms with Crippen LogP contribution in [0.1, 0.15) is 49.7 Å². The van der Waals surface area contributed by atoms with E-state index in [2.05, 4.69) is 31.0 Å². The van der Waals surface area contributed by atoms with Gasteiger partial charge in [-0.2, -0.15) is 0 Å². The smallest absolute Gasteiger partial charge is 0.142 e. The Balaban J connectivity index is 2.26. The molecule has 18 heavy (non-hydrogen) atoms. The van der Waals surface area contributed by atoms with Crippen molar-refractivity contribution in [2.45, 2.75) is 39.3 Å². The fourth-order valence-electron chi connectivity index (χ4n) is 2.05. The second kappa shape index (κ2) is 5.36. The third-order valence-electron chi connectivity index (χ3n) is 3.25. The van der Waals surface area contributed by atoms with Crippen LogP contribution in [0.4, 0.5) is 0 Å². The molecule has 0 saturated carbocycles. The highest BCUT2D eigenvalue weighted by Crippen LogP contribution is 2.23. The van der Waals surface area contributed by atoms with Crippen molar-refractivity contribution in [1.82, 2.24) is 9.55 Å². The highest BCUT2D eigenvalue weighted by atomic mass is 16.3. The monoisotopic (exact) mass is 244 g/mol. The zero-order chi connectivity index (χ0) is 13.1. The first-order valence-corrected chi connectivity index (χ1v) is 6.42. The minimum absolute atomic E-state index is 0.508. The molecule has 1 atom stereocenters. The van der Waals surface area contributed by atoms with Gasteiger partial charge < -0.3 is 9.67 Å². The molecular weight excluding hydrogens is 224 g/mol. The minimum atomic E-state index is -0.652. The summed E-state index contributed by atoms with van der Waals surface area (Å²) in [5.74, 6) is 1.21. The van der Waals surface area contributed by atoms with Crippen LogP contribution in [0, 0.1) is 0 Å². The van der Waals surface area contributed by atoms with Crippen molar-refractivity contribution in [3.8, 4) is 0 Å². The number of rotatable bonds is 4. The van der Waals surface area contributed by atoms with Crippen LogP contribution in [0.2, 0.25) is 0 Å². The summed E-state index contributed by atoms with van der Waals surface area (Å²) in [5.41, 5.74) is 2.17. The van der Waals surface area contributed by atoms with Gasteiger partial charge in [0.2, 0.25) is 0 Å². The lowest BCUT2D eigenvalue weighted by Gasteiger charge is -2.13. The molecule has 0 aliphatic carbocycles. The summed E-state index contributed by atoms with van der Waals surface area (Å²) in [7, 11) is 0. The number of benzene rings is 1. The van der Waals surface area contributed by atoms with Crippen LogP contribution in [-0.4, -0.2) is 14.7 Å². The van der Waals surface area contributed by atoms with Gasteiger partial charge >= 0.3 is 0 Å². The van der Waals surface area contributed by atoms with Crippen LogP contribution in [-0.2, 0) is 6.54 Å². The Labute approximate surface area is 108 Å². The van der Waals surface area contributed by atoms with Crippen LogP contribution >= 0.6 is 0 Å². The minimum Gasteiger partial charge on any atom is -0.380 e. The normalized spacial score (nSPS) is 12.9. The second-order valence-corrected chi connectivity index (χ2v) is 4.80. The van der Waals surface area contributed by atoms with Crippen LogP contribution < -0.4 is 0 Å². The summed E-state index contributed by atoms with van der Waals surface area (Å²) in [4.78, 5) is 4.23. The third kappa shape index (κ3) is 2.46. The molecule has 96 valence electrons. The molecule has 0 bridgehead atoms. The standard InChI is InChI=1S/C15H20N2O/c1-4-17-10-9-16-15(17)14(18)13-7-5-12(6-8-13)11(2)3/h5-11,14,18H,4H2,1-3H3. The molecule has 0 aliphatic rings. The molecule has 1 aromatic carbocycles. The summed E-state index contributed by atoms with van der Waals surface area (Å²) >= 11 is 0. The predicted molar refractivity (Wildman–Crippen MR) is 72.5 cm³/mol. The Kier molecular flexibility index (Phi) is 3.82. The maximum Gasteiger partial charge on any atom is 0.142 e. The number of nitrogens with zero attached hydrogens (tertiary/aromatic N) is 2. The van der Waals surface area contributed by atoms with E-state index in [0.29, 0.717) is 11.7 Å². The van der Waals surface area contributed by atoms with Crippen LogP contribution in [0.25, 0.3) is 0 Å². The second-order valence-electron chi connectivity index (χ2n) is 4.80. The average Bonchev–Trinajstić information content (AvgIpc) is 2.86. The van der Waals surface area contributed by atoms with E-state index in [4.69, 9.17) is 0 Å². The summed E-state index contributed by atoms with van der Waals surface area (Å²) < 4.78 is 1.96. The van der Waals surface area contributed by atoms with Crippen molar-refractivity contribution in [2.75, 3.05) is 0 Å². The Morgan fingerprint density at radius 2 is 1.78 bits per heavy atom. The van der Waals surface area contributed by atoms with Crippen molar-refractivity contribution in [3.63, 3.8) is 0 Å². The molecule has 3 heteroatoms. The summed E-state index contributed by atoms with van der Waals surface area (Å²) in [6.45, 7) is 7.18. The SMILES string of the molecule is CCn1ccnc1C(O)c1ccc(C(C)C)cc1. The molecule has 1 unspecified atom stereocenters. The largest absolute Gasteiger partial charge is 0.380 e. The van der Waals surface area contributed by atoms with Crippen molar-refractivity contribution in [2.24, 2.45) is 0 Å². The van der Waals surface area contributed by atoms with Gasteiger partial charge in [0.15, 0.2) is 0 Å². The zero-order valence-electron chi connectivity index (χ0n) is 11.2. The fraction of sp³-hybridized carbons (Fsp3) is 0.400. The predicted octanol–water partition coefficient (Wildman–Crippen LogP) is 3.11. The summed E-state index contributed by atoms with van der Waals surface area (Å²) in [6.07, 6.45) is 2.96. The van der Waals surface area contributed by atoms with Crippen LogP contribution in [0.5, 0.6) is 0 Å². The topological polar surface area (TPSA) is 38.0 Å². The van der Waals surface area contributed by atoms with Crippen molar-refractivity contribution < 1.29 is 5.11 Å². The Hall–Kier alpha value is -1.61. The molecule has 2 aromatic rings. The number of aromatic nitrogens is 2. The van der Waals surface area contributed by atoms with Gasteiger partial charge in [0.1, 0.15) is 11.9 Å². The van der Waals surface area contributed by atoms with Gasteiger partial charge in [-0.05, 0) is 24.0 Å². The Morgan fingerprint density at radius 1 is 1.17 bits per heavy atom. The number of hydrogen-bond acceptors (Lipinski definition) is 2. The zero-order valence-corrected chi connectivity index (χ0v) is 11.2. The maximum atomic E-state index is 10.3. The van der Waals surface area contributed by atoms with E-state index in [1.54, 1.807) is 6.20 Å². The molecule has 0 radical (unpaired) electrons. The number of hydrogen-bond donors (Lipinski definition) is 1. The molecular formula is C15H20N2O. The van der Waals surface area contributed by atoms with Gasteiger partial charge in [0.05, 0.1) is 0 Å². The molecule has 0 saturated heterocycles. The number of imidazole rings is 1. The summed E-state index contributed by atoms with van der Waals surface area (Å²) in [6, 6.07) is 8.11. The quantitative estimate of drug-likeness (QED) is 0.897. The van der Waals surface area contributed by atoms with Gasteiger partial charge in [-0.15, -0.1) is 0 Å². The van der Waals surface area contributed by atoms with E-state index < -0.39 is 6.10 Å². The van der Waals surface area contributed by atoms with E-state index in [-0.39, 0.29) is 0 Å². The van der Waals surface area contributed by atoms with Crippen molar-refractivity contribution in [3.05, 3.63) is 53.6 Å². The molecule has 1 aromatic heterocycles. The lowest BCUT2D eigenvalue weighted by Crippen LogP contribution is -2.08. The van der Waals surface area contributed by atoms with E-state index in [9.17, 15) is 5.11 Å². The first-order chi connectivity index (χ1) is 8.63. The Morgan fingerprint density at radius 3 is 2.33 bits per heavy atom. The number of aliphatic hydroxyl groups is 1. The van der Waals surface area contributed by atoms with E-state index in [1.807, 2.05) is 29.8 Å². The van der Waals surface area contributed by atoms with Gasteiger partial charge in [0, 0.05) is 18.9 Å². The van der Waals surface area contributed by atoms with Gasteiger partial charge in [-0.1, -0.05) is 38.1 Å². The fourth-order valence-corrected chi connectivity index (χ4v) is 2.05. The van der Waals surface area contributed by atoms with Crippen LogP contribution in [0.15, 0.2) is 36.7 Å². The van der Waals surface area contributed by atoms with Crippen molar-refractivity contribution in [1.29, 1.82) is 0 Å². The first kappa shape index (κ1) is 12.8. The van der Waals surface area contributed by atoms with Gasteiger partial charge in [0.25, 0.3) is 0 Å². The van der Waals surface area contributed by atoms with E-state index in [1.165, 1.54) is 5.56 Å². The number of aliphatic hydroxyl groups excluding tert-OH is 1. The maximum absolute atomic E-state index is 10.3. The third-order valence-corrected chi connectivity index (χ3v) is 3.25. The molecule has 0 spiro atoms. The average molecular weight is 244 g/mol.